The molecule has 136 valence electrons. The van der Waals surface area contributed by atoms with Crippen molar-refractivity contribution in [3.63, 3.8) is 0 Å². The van der Waals surface area contributed by atoms with E-state index in [1.54, 1.807) is 23.8 Å². The van der Waals surface area contributed by atoms with Crippen molar-refractivity contribution in [2.75, 3.05) is 24.6 Å². The summed E-state index contributed by atoms with van der Waals surface area (Å²) in [5, 5.41) is 10.6. The molecule has 5 nitrogen and oxygen atoms in total. The summed E-state index contributed by atoms with van der Waals surface area (Å²) in [6.07, 6.45) is 0.327. The van der Waals surface area contributed by atoms with Crippen molar-refractivity contribution < 1.29 is 9.53 Å². The maximum atomic E-state index is 12.9. The first-order valence-corrected chi connectivity index (χ1v) is 9.71. The van der Waals surface area contributed by atoms with Gasteiger partial charge in [-0.05, 0) is 29.8 Å². The van der Waals surface area contributed by atoms with Gasteiger partial charge in [-0.2, -0.15) is 5.26 Å². The largest absolute Gasteiger partial charge is 0.497 e. The van der Waals surface area contributed by atoms with Crippen molar-refractivity contribution in [3.05, 3.63) is 70.8 Å². The molecule has 27 heavy (non-hydrogen) atoms. The maximum absolute atomic E-state index is 12.9. The lowest BCUT2D eigenvalue weighted by Crippen LogP contribution is -2.47. The van der Waals surface area contributed by atoms with E-state index in [0.717, 1.165) is 22.0 Å². The summed E-state index contributed by atoms with van der Waals surface area (Å²) in [6, 6.07) is 20.0. The van der Waals surface area contributed by atoms with E-state index in [1.807, 2.05) is 54.6 Å². The number of benzene rings is 2. The second-order valence-electron chi connectivity index (χ2n) is 6.47. The minimum absolute atomic E-state index is 0.0589. The second kappa shape index (κ2) is 7.37. The number of rotatable bonds is 3. The molecule has 0 aliphatic carbocycles. The summed E-state index contributed by atoms with van der Waals surface area (Å²) in [4.78, 5) is 16.7. The van der Waals surface area contributed by atoms with Crippen LogP contribution in [-0.2, 0) is 4.79 Å². The molecule has 4 rings (SSSR count). The second-order valence-corrected chi connectivity index (χ2v) is 7.41. The van der Waals surface area contributed by atoms with Crippen LogP contribution < -0.4 is 9.64 Å². The Morgan fingerprint density at radius 1 is 1.15 bits per heavy atom. The van der Waals surface area contributed by atoms with Crippen LogP contribution in [0.3, 0.4) is 0 Å². The van der Waals surface area contributed by atoms with Gasteiger partial charge in [-0.1, -0.05) is 42.1 Å². The van der Waals surface area contributed by atoms with Crippen LogP contribution in [0.15, 0.2) is 65.2 Å². The van der Waals surface area contributed by atoms with E-state index in [1.165, 1.54) is 0 Å². The average Bonchev–Trinajstić information content (AvgIpc) is 2.74. The molecule has 1 amide bonds. The van der Waals surface area contributed by atoms with Crippen molar-refractivity contribution in [1.82, 2.24) is 4.90 Å². The van der Waals surface area contributed by atoms with Gasteiger partial charge < -0.3 is 9.64 Å². The number of allylic oxidation sites excluding steroid dienone is 1. The van der Waals surface area contributed by atoms with Crippen molar-refractivity contribution in [2.45, 2.75) is 12.3 Å². The number of amides is 1. The van der Waals surface area contributed by atoms with Gasteiger partial charge in [0.1, 0.15) is 5.75 Å². The Morgan fingerprint density at radius 3 is 2.56 bits per heavy atom. The van der Waals surface area contributed by atoms with E-state index in [2.05, 4.69) is 11.0 Å². The fraction of sp³-hybridized carbons (Fsp3) is 0.238. The number of hydrogen-bond acceptors (Lipinski definition) is 5. The first-order valence-electron chi connectivity index (χ1n) is 8.72. The molecule has 2 aromatic rings. The molecule has 2 heterocycles. The van der Waals surface area contributed by atoms with E-state index in [0.29, 0.717) is 24.5 Å². The van der Waals surface area contributed by atoms with Crippen LogP contribution >= 0.6 is 11.8 Å². The quantitative estimate of drug-likeness (QED) is 0.812. The normalized spacial score (nSPS) is 19.6. The highest BCUT2D eigenvalue weighted by atomic mass is 32.2. The van der Waals surface area contributed by atoms with Crippen LogP contribution in [0.5, 0.6) is 5.75 Å². The minimum atomic E-state index is -0.157. The van der Waals surface area contributed by atoms with E-state index in [4.69, 9.17) is 4.74 Å². The highest BCUT2D eigenvalue weighted by molar-refractivity contribution is 8.03. The maximum Gasteiger partial charge on any atom is 0.229 e. The fourth-order valence-electron chi connectivity index (χ4n) is 3.49. The first-order chi connectivity index (χ1) is 13.2. The smallest absolute Gasteiger partial charge is 0.229 e. The van der Waals surface area contributed by atoms with E-state index < -0.39 is 0 Å². The minimum Gasteiger partial charge on any atom is -0.497 e. The lowest BCUT2D eigenvalue weighted by atomic mass is 9.86. The molecular weight excluding hydrogens is 358 g/mol. The Morgan fingerprint density at radius 2 is 1.89 bits per heavy atom. The summed E-state index contributed by atoms with van der Waals surface area (Å²) in [7, 11) is 1.64. The predicted molar refractivity (Wildman–Crippen MR) is 106 cm³/mol. The van der Waals surface area contributed by atoms with Crippen LogP contribution in [0.4, 0.5) is 5.69 Å². The molecule has 1 atom stereocenters. The van der Waals surface area contributed by atoms with E-state index in [9.17, 15) is 10.1 Å². The van der Waals surface area contributed by atoms with Crippen molar-refractivity contribution in [3.8, 4) is 11.8 Å². The number of fused-ring (bicyclic) bond motifs is 1. The van der Waals surface area contributed by atoms with Crippen LogP contribution in [0.2, 0.25) is 0 Å². The first kappa shape index (κ1) is 17.5. The van der Waals surface area contributed by atoms with Crippen LogP contribution in [-0.4, -0.2) is 30.5 Å². The van der Waals surface area contributed by atoms with Gasteiger partial charge in [0.2, 0.25) is 5.91 Å². The molecule has 0 bridgehead atoms. The summed E-state index contributed by atoms with van der Waals surface area (Å²) < 4.78 is 5.21. The Bertz CT molecular complexity index is 919. The Hall–Kier alpha value is -2.91. The standard InChI is InChI=1S/C21H19N3O2S/c1-26-17-9-7-16(8-10-17)23-13-24-20(25)11-18(15-5-3-2-4-6-15)19(12-22)21(24)27-14-23/h2-10,18H,11,13-14H2,1H3. The molecule has 2 aromatic carbocycles. The zero-order valence-corrected chi connectivity index (χ0v) is 15.8. The summed E-state index contributed by atoms with van der Waals surface area (Å²) >= 11 is 1.55. The van der Waals surface area contributed by atoms with Gasteiger partial charge in [-0.15, -0.1) is 0 Å². The zero-order chi connectivity index (χ0) is 18.8. The number of carbonyl (C=O) groups is 1. The molecule has 0 spiro atoms. The van der Waals surface area contributed by atoms with E-state index >= 15 is 0 Å². The monoisotopic (exact) mass is 377 g/mol. The lowest BCUT2D eigenvalue weighted by Gasteiger charge is -2.42. The number of nitrogens with zero attached hydrogens (tertiary/aromatic N) is 3. The molecular formula is C21H19N3O2S. The molecule has 0 saturated carbocycles. The number of anilines is 1. The highest BCUT2D eigenvalue weighted by Crippen LogP contribution is 2.43. The van der Waals surface area contributed by atoms with E-state index in [-0.39, 0.29) is 11.8 Å². The number of carbonyl (C=O) groups excluding carboxylic acids is 1. The van der Waals surface area contributed by atoms with Gasteiger partial charge in [-0.3, -0.25) is 9.69 Å². The third kappa shape index (κ3) is 3.26. The van der Waals surface area contributed by atoms with Gasteiger partial charge in [0.25, 0.3) is 0 Å². The lowest BCUT2D eigenvalue weighted by molar-refractivity contribution is -0.129. The molecule has 0 aromatic heterocycles. The van der Waals surface area contributed by atoms with Crippen molar-refractivity contribution in [1.29, 1.82) is 5.26 Å². The molecule has 0 N–H and O–H groups in total. The fourth-order valence-corrected chi connectivity index (χ4v) is 4.66. The molecule has 1 fully saturated rings. The van der Waals surface area contributed by atoms with Gasteiger partial charge in [-0.25, -0.2) is 0 Å². The Labute approximate surface area is 162 Å². The Balaban J connectivity index is 1.63. The summed E-state index contributed by atoms with van der Waals surface area (Å²) in [5.74, 6) is 1.40. The van der Waals surface area contributed by atoms with Gasteiger partial charge in [0.15, 0.2) is 0 Å². The number of ether oxygens (including phenoxy) is 1. The summed E-state index contributed by atoms with van der Waals surface area (Å²) in [6.45, 7) is 0.459. The highest BCUT2D eigenvalue weighted by Gasteiger charge is 2.38. The van der Waals surface area contributed by atoms with Crippen LogP contribution in [0.1, 0.15) is 17.9 Å². The SMILES string of the molecule is COc1ccc(N2CSC3=C(C#N)C(c4ccccc4)CC(=O)N3C2)cc1. The summed E-state index contributed by atoms with van der Waals surface area (Å²) in [5.41, 5.74) is 2.74. The third-order valence-electron chi connectivity index (χ3n) is 4.93. The number of hydrogen-bond donors (Lipinski definition) is 0. The van der Waals surface area contributed by atoms with Gasteiger partial charge in [0.05, 0.1) is 36.3 Å². The zero-order valence-electron chi connectivity index (χ0n) is 15.0. The third-order valence-corrected chi connectivity index (χ3v) is 6.09. The predicted octanol–water partition coefficient (Wildman–Crippen LogP) is 3.91. The van der Waals surface area contributed by atoms with Crippen molar-refractivity contribution in [2.24, 2.45) is 0 Å². The van der Waals surface area contributed by atoms with Gasteiger partial charge >= 0.3 is 0 Å². The van der Waals surface area contributed by atoms with Crippen LogP contribution in [0, 0.1) is 11.3 Å². The Kier molecular flexibility index (Phi) is 4.78. The molecule has 2 aliphatic heterocycles. The van der Waals surface area contributed by atoms with Crippen LogP contribution in [0.25, 0.3) is 0 Å². The molecule has 6 heteroatoms. The van der Waals surface area contributed by atoms with Crippen molar-refractivity contribution >= 4 is 23.4 Å². The number of methoxy groups -OCH3 is 1. The molecule has 0 radical (unpaired) electrons. The number of thioether (sulfide) groups is 1. The molecule has 1 unspecified atom stereocenters. The average molecular weight is 377 g/mol. The molecule has 1 saturated heterocycles. The molecule has 2 aliphatic rings. The topological polar surface area (TPSA) is 56.6 Å². The number of nitriles is 1. The van der Waals surface area contributed by atoms with Gasteiger partial charge in [0, 0.05) is 18.0 Å².